The van der Waals surface area contributed by atoms with E-state index in [2.05, 4.69) is 10.2 Å². The third-order valence-corrected chi connectivity index (χ3v) is 4.40. The van der Waals surface area contributed by atoms with Crippen molar-refractivity contribution in [2.75, 3.05) is 31.9 Å². The second-order valence-corrected chi connectivity index (χ2v) is 5.74. The zero-order chi connectivity index (χ0) is 13.8. The summed E-state index contributed by atoms with van der Waals surface area (Å²) in [6.45, 7) is 4.42. The lowest BCUT2D eigenvalue weighted by Gasteiger charge is -2.23. The largest absolute Gasteiger partial charge is 0.353 e. The Kier molecular flexibility index (Phi) is 4.81. The number of imide groups is 1. The van der Waals surface area contributed by atoms with E-state index in [-0.39, 0.29) is 35.4 Å². The fourth-order valence-electron chi connectivity index (χ4n) is 2.33. The summed E-state index contributed by atoms with van der Waals surface area (Å²) in [6, 6.07) is -0.137. The third-order valence-electron chi connectivity index (χ3n) is 3.54. The Bertz CT molecular complexity index is 366. The molecule has 0 spiro atoms. The fraction of sp³-hybridized carbons (Fsp3) is 0.750. The van der Waals surface area contributed by atoms with Gasteiger partial charge in [-0.3, -0.25) is 24.2 Å². The van der Waals surface area contributed by atoms with Gasteiger partial charge in [-0.1, -0.05) is 11.8 Å². The molecule has 0 saturated carbocycles. The van der Waals surface area contributed by atoms with Crippen LogP contribution in [0.4, 0.5) is 4.79 Å². The van der Waals surface area contributed by atoms with Crippen molar-refractivity contribution in [3.05, 3.63) is 0 Å². The predicted octanol–water partition coefficient (Wildman–Crippen LogP) is 0.282. The van der Waals surface area contributed by atoms with Crippen molar-refractivity contribution in [2.45, 2.75) is 25.8 Å². The average molecular weight is 285 g/mol. The van der Waals surface area contributed by atoms with Crippen LogP contribution in [-0.2, 0) is 9.59 Å². The summed E-state index contributed by atoms with van der Waals surface area (Å²) in [5.41, 5.74) is 0. The van der Waals surface area contributed by atoms with E-state index in [1.807, 2.05) is 6.92 Å². The van der Waals surface area contributed by atoms with Gasteiger partial charge in [-0.2, -0.15) is 0 Å². The Balaban J connectivity index is 1.71. The monoisotopic (exact) mass is 285 g/mol. The molecule has 2 heterocycles. The first-order chi connectivity index (χ1) is 9.09. The molecular weight excluding hydrogens is 266 g/mol. The highest BCUT2D eigenvalue weighted by Gasteiger charge is 2.29. The number of hydrogen-bond acceptors (Lipinski definition) is 5. The molecule has 0 bridgehead atoms. The molecule has 6 nitrogen and oxygen atoms in total. The molecule has 2 aliphatic rings. The third kappa shape index (κ3) is 3.48. The maximum absolute atomic E-state index is 11.9. The molecule has 0 aromatic heterocycles. The van der Waals surface area contributed by atoms with Crippen LogP contribution in [0.15, 0.2) is 0 Å². The highest BCUT2D eigenvalue weighted by atomic mass is 32.2. The summed E-state index contributed by atoms with van der Waals surface area (Å²) in [4.78, 5) is 38.0. The van der Waals surface area contributed by atoms with E-state index in [1.54, 1.807) is 0 Å². The summed E-state index contributed by atoms with van der Waals surface area (Å²) in [5.74, 6) is 0.0160. The van der Waals surface area contributed by atoms with E-state index >= 15 is 0 Å². The lowest BCUT2D eigenvalue weighted by molar-refractivity contribution is -0.127. The lowest BCUT2D eigenvalue weighted by Crippen LogP contribution is -2.46. The SMILES string of the molecule is C[C@@H](C(=O)NCCN1C(=O)CSC1=O)N1CCCC1. The van der Waals surface area contributed by atoms with Gasteiger partial charge in [0, 0.05) is 13.1 Å². The molecule has 0 aliphatic carbocycles. The molecule has 1 N–H and O–H groups in total. The topological polar surface area (TPSA) is 69.7 Å². The first kappa shape index (κ1) is 14.3. The van der Waals surface area contributed by atoms with E-state index < -0.39 is 0 Å². The van der Waals surface area contributed by atoms with Gasteiger partial charge in [0.15, 0.2) is 0 Å². The lowest BCUT2D eigenvalue weighted by atomic mass is 10.3. The molecule has 0 unspecified atom stereocenters. The molecule has 7 heteroatoms. The number of nitrogens with zero attached hydrogens (tertiary/aromatic N) is 2. The molecule has 1 atom stereocenters. The minimum absolute atomic E-state index is 0.0337. The zero-order valence-electron chi connectivity index (χ0n) is 11.1. The minimum Gasteiger partial charge on any atom is -0.353 e. The maximum atomic E-state index is 11.9. The predicted molar refractivity (Wildman–Crippen MR) is 72.8 cm³/mol. The van der Waals surface area contributed by atoms with Gasteiger partial charge in [0.05, 0.1) is 11.8 Å². The molecule has 0 aromatic carbocycles. The van der Waals surface area contributed by atoms with Crippen molar-refractivity contribution in [1.82, 2.24) is 15.1 Å². The number of nitrogens with one attached hydrogen (secondary N) is 1. The summed E-state index contributed by atoms with van der Waals surface area (Å²) < 4.78 is 0. The first-order valence-electron chi connectivity index (χ1n) is 6.58. The number of amides is 3. The van der Waals surface area contributed by atoms with Crippen molar-refractivity contribution in [3.8, 4) is 0 Å². The van der Waals surface area contributed by atoms with E-state index in [0.717, 1.165) is 37.7 Å². The molecular formula is C12H19N3O3S. The number of carbonyl (C=O) groups is 3. The number of rotatable bonds is 5. The standard InChI is InChI=1S/C12H19N3O3S/c1-9(14-5-2-3-6-14)11(17)13-4-7-15-10(16)8-19-12(15)18/h9H,2-8H2,1H3,(H,13,17)/t9-/m0/s1. The van der Waals surface area contributed by atoms with Crippen LogP contribution >= 0.6 is 11.8 Å². The van der Waals surface area contributed by atoms with Crippen LogP contribution in [0.25, 0.3) is 0 Å². The van der Waals surface area contributed by atoms with Gasteiger partial charge >= 0.3 is 0 Å². The van der Waals surface area contributed by atoms with E-state index in [9.17, 15) is 14.4 Å². The number of carbonyl (C=O) groups excluding carboxylic acids is 3. The highest BCUT2D eigenvalue weighted by molar-refractivity contribution is 8.14. The molecule has 19 heavy (non-hydrogen) atoms. The van der Waals surface area contributed by atoms with Crippen molar-refractivity contribution in [1.29, 1.82) is 0 Å². The smallest absolute Gasteiger partial charge is 0.288 e. The average Bonchev–Trinajstić information content (AvgIpc) is 3.02. The number of hydrogen-bond donors (Lipinski definition) is 1. The zero-order valence-corrected chi connectivity index (χ0v) is 11.9. The maximum Gasteiger partial charge on any atom is 0.288 e. The quantitative estimate of drug-likeness (QED) is 0.786. The van der Waals surface area contributed by atoms with Crippen molar-refractivity contribution >= 4 is 28.8 Å². The highest BCUT2D eigenvalue weighted by Crippen LogP contribution is 2.17. The van der Waals surface area contributed by atoms with Gasteiger partial charge in [-0.25, -0.2) is 0 Å². The van der Waals surface area contributed by atoms with Crippen molar-refractivity contribution in [3.63, 3.8) is 0 Å². The van der Waals surface area contributed by atoms with Gasteiger partial charge in [0.25, 0.3) is 5.24 Å². The molecule has 2 aliphatic heterocycles. The molecule has 2 rings (SSSR count). The van der Waals surface area contributed by atoms with Crippen LogP contribution in [0.5, 0.6) is 0 Å². The second kappa shape index (κ2) is 6.38. The fourth-order valence-corrected chi connectivity index (χ4v) is 3.08. The van der Waals surface area contributed by atoms with Gasteiger partial charge < -0.3 is 5.32 Å². The minimum atomic E-state index is -0.216. The van der Waals surface area contributed by atoms with Gasteiger partial charge in [0.2, 0.25) is 11.8 Å². The van der Waals surface area contributed by atoms with Gasteiger partial charge in [0.1, 0.15) is 0 Å². The Labute approximate surface area is 116 Å². The summed E-state index contributed by atoms with van der Waals surface area (Å²) in [7, 11) is 0. The molecule has 2 fully saturated rings. The van der Waals surface area contributed by atoms with Crippen molar-refractivity contribution in [2.24, 2.45) is 0 Å². The van der Waals surface area contributed by atoms with Crippen LogP contribution < -0.4 is 5.32 Å². The Morgan fingerprint density at radius 1 is 1.37 bits per heavy atom. The van der Waals surface area contributed by atoms with Crippen LogP contribution in [-0.4, -0.2) is 64.8 Å². The van der Waals surface area contributed by atoms with E-state index in [1.165, 1.54) is 4.90 Å². The van der Waals surface area contributed by atoms with Gasteiger partial charge in [-0.15, -0.1) is 0 Å². The van der Waals surface area contributed by atoms with Crippen LogP contribution in [0.3, 0.4) is 0 Å². The summed E-state index contributed by atoms with van der Waals surface area (Å²) in [6.07, 6.45) is 2.29. The molecule has 2 saturated heterocycles. The van der Waals surface area contributed by atoms with E-state index in [0.29, 0.717) is 6.54 Å². The summed E-state index contributed by atoms with van der Waals surface area (Å²) >= 11 is 1.02. The Morgan fingerprint density at radius 2 is 2.05 bits per heavy atom. The van der Waals surface area contributed by atoms with Crippen LogP contribution in [0.2, 0.25) is 0 Å². The van der Waals surface area contributed by atoms with Crippen molar-refractivity contribution < 1.29 is 14.4 Å². The second-order valence-electron chi connectivity index (χ2n) is 4.81. The van der Waals surface area contributed by atoms with Crippen LogP contribution in [0, 0.1) is 0 Å². The molecule has 3 amide bonds. The Hall–Kier alpha value is -1.08. The molecule has 0 aromatic rings. The van der Waals surface area contributed by atoms with E-state index in [4.69, 9.17) is 0 Å². The molecule has 106 valence electrons. The number of thioether (sulfide) groups is 1. The molecule has 0 radical (unpaired) electrons. The number of likely N-dealkylation sites (tertiary alicyclic amines) is 1. The first-order valence-corrected chi connectivity index (χ1v) is 7.57. The van der Waals surface area contributed by atoms with Gasteiger partial charge in [-0.05, 0) is 32.9 Å². The Morgan fingerprint density at radius 3 is 2.63 bits per heavy atom. The normalized spacial score (nSPS) is 22.1. The summed E-state index contributed by atoms with van der Waals surface area (Å²) in [5, 5.41) is 2.58. The van der Waals surface area contributed by atoms with Crippen LogP contribution in [0.1, 0.15) is 19.8 Å².